The van der Waals surface area contributed by atoms with Gasteiger partial charge < -0.3 is 19.2 Å². The van der Waals surface area contributed by atoms with Gasteiger partial charge in [-0.1, -0.05) is 6.92 Å². The van der Waals surface area contributed by atoms with Crippen molar-refractivity contribution in [2.75, 3.05) is 21.3 Å². The first-order chi connectivity index (χ1) is 12.5. The SMILES string of the molecule is CC[C@@H](C)n1nc(C)c2[nH]c(-c3c(C)cc(OC)c(OC)c3OC)nc21. The van der Waals surface area contributed by atoms with Crippen molar-refractivity contribution in [3.8, 4) is 28.6 Å². The second kappa shape index (κ2) is 6.90. The Kier molecular flexibility index (Phi) is 4.80. The highest BCUT2D eigenvalue weighted by Gasteiger charge is 2.24. The van der Waals surface area contributed by atoms with Crippen molar-refractivity contribution in [1.82, 2.24) is 19.7 Å². The van der Waals surface area contributed by atoms with Crippen molar-refractivity contribution in [3.63, 3.8) is 0 Å². The molecule has 140 valence electrons. The van der Waals surface area contributed by atoms with Crippen LogP contribution in [0.3, 0.4) is 0 Å². The molecule has 3 rings (SSSR count). The summed E-state index contributed by atoms with van der Waals surface area (Å²) in [7, 11) is 4.83. The summed E-state index contributed by atoms with van der Waals surface area (Å²) in [6.07, 6.45) is 0.983. The molecule has 1 atom stereocenters. The van der Waals surface area contributed by atoms with Crippen molar-refractivity contribution in [3.05, 3.63) is 17.3 Å². The molecule has 0 aliphatic carbocycles. The summed E-state index contributed by atoms with van der Waals surface area (Å²) in [4.78, 5) is 8.25. The number of fused-ring (bicyclic) bond motifs is 1. The van der Waals surface area contributed by atoms with E-state index < -0.39 is 0 Å². The molecule has 0 unspecified atom stereocenters. The molecule has 7 heteroatoms. The van der Waals surface area contributed by atoms with Gasteiger partial charge in [-0.2, -0.15) is 5.10 Å². The third kappa shape index (κ3) is 2.67. The summed E-state index contributed by atoms with van der Waals surface area (Å²) in [5.74, 6) is 2.51. The van der Waals surface area contributed by atoms with Gasteiger partial charge in [0.15, 0.2) is 17.1 Å². The largest absolute Gasteiger partial charge is 0.493 e. The van der Waals surface area contributed by atoms with Crippen LogP contribution in [-0.2, 0) is 0 Å². The lowest BCUT2D eigenvalue weighted by molar-refractivity contribution is 0.325. The molecule has 2 heterocycles. The number of nitrogens with zero attached hydrogens (tertiary/aromatic N) is 3. The lowest BCUT2D eigenvalue weighted by Crippen LogP contribution is -2.06. The van der Waals surface area contributed by atoms with Gasteiger partial charge in [0.25, 0.3) is 0 Å². The number of rotatable bonds is 6. The van der Waals surface area contributed by atoms with E-state index in [0.717, 1.165) is 40.2 Å². The molecule has 0 bridgehead atoms. The number of ether oxygens (including phenoxy) is 3. The maximum atomic E-state index is 5.66. The van der Waals surface area contributed by atoms with E-state index in [2.05, 4.69) is 23.9 Å². The molecule has 1 N–H and O–H groups in total. The van der Waals surface area contributed by atoms with Crippen LogP contribution in [0.4, 0.5) is 0 Å². The number of H-pyrrole nitrogens is 1. The second-order valence-corrected chi connectivity index (χ2v) is 6.41. The van der Waals surface area contributed by atoms with Crippen molar-refractivity contribution in [2.45, 2.75) is 40.2 Å². The van der Waals surface area contributed by atoms with Crippen molar-refractivity contribution in [1.29, 1.82) is 0 Å². The fraction of sp³-hybridized carbons (Fsp3) is 0.474. The van der Waals surface area contributed by atoms with Gasteiger partial charge in [-0.05, 0) is 38.8 Å². The molecule has 0 saturated heterocycles. The number of benzene rings is 1. The van der Waals surface area contributed by atoms with E-state index >= 15 is 0 Å². The Balaban J connectivity index is 2.27. The van der Waals surface area contributed by atoms with E-state index in [1.54, 1.807) is 21.3 Å². The Bertz CT molecular complexity index is 942. The summed E-state index contributed by atoms with van der Waals surface area (Å²) < 4.78 is 18.6. The van der Waals surface area contributed by atoms with Crippen LogP contribution in [0, 0.1) is 13.8 Å². The molecule has 0 fully saturated rings. The second-order valence-electron chi connectivity index (χ2n) is 6.41. The van der Waals surface area contributed by atoms with Crippen LogP contribution in [0.15, 0.2) is 6.07 Å². The molecule has 26 heavy (non-hydrogen) atoms. The summed E-state index contributed by atoms with van der Waals surface area (Å²) >= 11 is 0. The van der Waals surface area contributed by atoms with Crippen molar-refractivity contribution in [2.24, 2.45) is 0 Å². The molecule has 7 nitrogen and oxygen atoms in total. The average Bonchev–Trinajstić information content (AvgIpc) is 3.20. The highest BCUT2D eigenvalue weighted by molar-refractivity contribution is 5.83. The Morgan fingerprint density at radius 2 is 1.81 bits per heavy atom. The van der Waals surface area contributed by atoms with Gasteiger partial charge in [0.05, 0.1) is 38.6 Å². The fourth-order valence-electron chi connectivity index (χ4n) is 3.21. The predicted octanol–water partition coefficient (Wildman–Crippen LogP) is 4.04. The summed E-state index contributed by atoms with van der Waals surface area (Å²) in [5.41, 5.74) is 4.56. The summed E-state index contributed by atoms with van der Waals surface area (Å²) in [6, 6.07) is 2.20. The first kappa shape index (κ1) is 18.1. The Hall–Kier alpha value is -2.70. The quantitative estimate of drug-likeness (QED) is 0.720. The lowest BCUT2D eigenvalue weighted by atomic mass is 10.1. The Labute approximate surface area is 153 Å². The van der Waals surface area contributed by atoms with E-state index in [1.807, 2.05) is 24.6 Å². The fourth-order valence-corrected chi connectivity index (χ4v) is 3.21. The van der Waals surface area contributed by atoms with Crippen LogP contribution in [0.2, 0.25) is 0 Å². The van der Waals surface area contributed by atoms with E-state index in [0.29, 0.717) is 17.2 Å². The van der Waals surface area contributed by atoms with E-state index in [1.165, 1.54) is 0 Å². The zero-order valence-electron chi connectivity index (χ0n) is 16.4. The van der Waals surface area contributed by atoms with E-state index in [9.17, 15) is 0 Å². The van der Waals surface area contributed by atoms with Gasteiger partial charge in [-0.3, -0.25) is 0 Å². The minimum atomic E-state index is 0.274. The number of aromatic nitrogens is 4. The normalized spacial score (nSPS) is 12.4. The number of aryl methyl sites for hydroxylation is 2. The molecule has 0 spiro atoms. The van der Waals surface area contributed by atoms with Gasteiger partial charge in [0.1, 0.15) is 11.3 Å². The highest BCUT2D eigenvalue weighted by Crippen LogP contribution is 2.46. The molecule has 0 aliphatic rings. The minimum Gasteiger partial charge on any atom is -0.493 e. The monoisotopic (exact) mass is 358 g/mol. The van der Waals surface area contributed by atoms with E-state index in [-0.39, 0.29) is 6.04 Å². The number of hydrogen-bond donors (Lipinski definition) is 1. The van der Waals surface area contributed by atoms with Crippen molar-refractivity contribution >= 4 is 11.2 Å². The van der Waals surface area contributed by atoms with Crippen LogP contribution < -0.4 is 14.2 Å². The number of imidazole rings is 1. The van der Waals surface area contributed by atoms with Crippen LogP contribution in [0.5, 0.6) is 17.2 Å². The molecular formula is C19H26N4O3. The van der Waals surface area contributed by atoms with E-state index in [4.69, 9.17) is 19.2 Å². The van der Waals surface area contributed by atoms with Gasteiger partial charge in [0.2, 0.25) is 5.75 Å². The third-order valence-corrected chi connectivity index (χ3v) is 4.79. The van der Waals surface area contributed by atoms with Crippen LogP contribution in [0.1, 0.15) is 37.6 Å². The zero-order chi connectivity index (χ0) is 19.0. The summed E-state index contributed by atoms with van der Waals surface area (Å²) in [6.45, 7) is 8.27. The van der Waals surface area contributed by atoms with Crippen LogP contribution in [-0.4, -0.2) is 41.1 Å². The van der Waals surface area contributed by atoms with Crippen molar-refractivity contribution < 1.29 is 14.2 Å². The molecule has 0 amide bonds. The molecule has 3 aromatic rings. The maximum absolute atomic E-state index is 5.66. The highest BCUT2D eigenvalue weighted by atomic mass is 16.5. The zero-order valence-corrected chi connectivity index (χ0v) is 16.4. The average molecular weight is 358 g/mol. The Morgan fingerprint density at radius 3 is 2.38 bits per heavy atom. The predicted molar refractivity (Wildman–Crippen MR) is 101 cm³/mol. The van der Waals surface area contributed by atoms with Gasteiger partial charge in [0, 0.05) is 0 Å². The van der Waals surface area contributed by atoms with Crippen LogP contribution >= 0.6 is 0 Å². The first-order valence-electron chi connectivity index (χ1n) is 8.71. The number of methoxy groups -OCH3 is 3. The first-order valence-corrected chi connectivity index (χ1v) is 8.71. The maximum Gasteiger partial charge on any atom is 0.204 e. The molecular weight excluding hydrogens is 332 g/mol. The van der Waals surface area contributed by atoms with Gasteiger partial charge in [-0.15, -0.1) is 0 Å². The standard InChI is InChI=1S/C19H26N4O3/c1-8-11(3)23-19-15(12(4)22-23)20-18(21-19)14-10(2)9-13(24-5)16(25-6)17(14)26-7/h9,11H,8H2,1-7H3,(H,20,21)/t11-/m1/s1. The Morgan fingerprint density at radius 1 is 1.12 bits per heavy atom. The summed E-state index contributed by atoms with van der Waals surface area (Å²) in [5, 5.41) is 4.63. The molecule has 2 aromatic heterocycles. The molecule has 0 radical (unpaired) electrons. The van der Waals surface area contributed by atoms with Gasteiger partial charge in [-0.25, -0.2) is 9.67 Å². The smallest absolute Gasteiger partial charge is 0.204 e. The molecule has 0 aliphatic heterocycles. The minimum absolute atomic E-state index is 0.274. The van der Waals surface area contributed by atoms with Gasteiger partial charge >= 0.3 is 0 Å². The number of nitrogens with one attached hydrogen (secondary N) is 1. The molecule has 0 saturated carbocycles. The van der Waals surface area contributed by atoms with Crippen LogP contribution in [0.25, 0.3) is 22.6 Å². The molecule has 1 aromatic carbocycles. The number of hydrogen-bond acceptors (Lipinski definition) is 5. The third-order valence-electron chi connectivity index (χ3n) is 4.79. The lowest BCUT2D eigenvalue weighted by Gasteiger charge is -2.17. The number of aromatic amines is 1. The topological polar surface area (TPSA) is 74.2 Å².